The summed E-state index contributed by atoms with van der Waals surface area (Å²) < 4.78 is 5.06. The molecule has 4 nitrogen and oxygen atoms in total. The van der Waals surface area contributed by atoms with Crippen LogP contribution >= 0.6 is 0 Å². The molecule has 1 rings (SSSR count). The van der Waals surface area contributed by atoms with Crippen molar-refractivity contribution in [2.45, 2.75) is 39.7 Å². The number of allylic oxidation sites excluding steroid dienone is 3. The molecule has 0 aromatic carbocycles. The number of cyclic esters (lactones) is 1. The molecule has 5 heteroatoms. The zero-order valence-corrected chi connectivity index (χ0v) is 11.4. The lowest BCUT2D eigenvalue weighted by atomic mass is 9.78. The number of carbonyl (C=O) groups excluding carboxylic acids is 3. The van der Waals surface area contributed by atoms with Gasteiger partial charge in [0.25, 0.3) is 0 Å². The van der Waals surface area contributed by atoms with Crippen LogP contribution in [0.15, 0.2) is 22.2 Å². The molecule has 1 saturated heterocycles. The summed E-state index contributed by atoms with van der Waals surface area (Å²) in [5.74, 6) is -0.578. The number of aldehydes is 1. The minimum Gasteiger partial charge on any atom is -0.454 e. The normalized spacial score (nSPS) is 25.4. The van der Waals surface area contributed by atoms with Crippen molar-refractivity contribution in [1.29, 1.82) is 0 Å². The molecule has 0 amide bonds. The lowest BCUT2D eigenvalue weighted by molar-refractivity contribution is -0.181. The van der Waals surface area contributed by atoms with Crippen LogP contribution in [0.1, 0.15) is 34.1 Å². The number of esters is 1. The van der Waals surface area contributed by atoms with E-state index in [9.17, 15) is 14.4 Å². The second kappa shape index (κ2) is 4.92. The van der Waals surface area contributed by atoms with Crippen molar-refractivity contribution in [1.82, 2.24) is 0 Å². The molecule has 0 saturated carbocycles. The van der Waals surface area contributed by atoms with Crippen molar-refractivity contribution in [3.8, 4) is 0 Å². The lowest BCUT2D eigenvalue weighted by Gasteiger charge is -2.39. The molecule has 0 spiro atoms. The number of hydrogen-bond acceptors (Lipinski definition) is 4. The summed E-state index contributed by atoms with van der Waals surface area (Å²) in [5, 5.41) is 0. The SMILES string of the molecule is B/C(C)=C(\C)C(=O)/C(=C(/C)C=O)[C@]1(C)CC(=O)O1. The first kappa shape index (κ1) is 14.4. The third-order valence-electron chi connectivity index (χ3n) is 3.24. The van der Waals surface area contributed by atoms with Gasteiger partial charge in [0.15, 0.2) is 5.78 Å². The maximum absolute atomic E-state index is 12.4. The molecule has 1 atom stereocenters. The molecule has 0 aliphatic carbocycles. The first-order chi connectivity index (χ1) is 8.23. The van der Waals surface area contributed by atoms with E-state index in [1.54, 1.807) is 20.8 Å². The molecule has 1 fully saturated rings. The molecule has 0 radical (unpaired) electrons. The first-order valence-corrected chi connectivity index (χ1v) is 5.80. The van der Waals surface area contributed by atoms with Gasteiger partial charge in [-0.2, -0.15) is 0 Å². The number of ketones is 1. The standard InChI is InChI=1S/C13H17BO4/c1-7(6-15)11(12(17)8(2)9(3)14)13(4)5-10(16)18-13/h6H,5,14H2,1-4H3/b9-8+,11-7+/t13-/m0/s1. The summed E-state index contributed by atoms with van der Waals surface area (Å²) in [6, 6.07) is 0. The highest BCUT2D eigenvalue weighted by molar-refractivity contribution is 6.26. The largest absolute Gasteiger partial charge is 0.454 e. The number of hydrogen-bond donors (Lipinski definition) is 0. The van der Waals surface area contributed by atoms with E-state index in [0.29, 0.717) is 17.4 Å². The summed E-state index contributed by atoms with van der Waals surface area (Å²) in [5.41, 5.74) is 1.10. The molecule has 96 valence electrons. The molecule has 1 aliphatic heterocycles. The molecular formula is C13H17BO4. The maximum Gasteiger partial charge on any atom is 0.311 e. The van der Waals surface area contributed by atoms with Crippen LogP contribution in [-0.2, 0) is 19.1 Å². The van der Waals surface area contributed by atoms with Crippen LogP contribution in [-0.4, -0.2) is 31.5 Å². The van der Waals surface area contributed by atoms with E-state index in [4.69, 9.17) is 4.74 Å². The van der Waals surface area contributed by atoms with Gasteiger partial charge in [-0.3, -0.25) is 14.4 Å². The Kier molecular flexibility index (Phi) is 3.94. The minimum atomic E-state index is -0.962. The summed E-state index contributed by atoms with van der Waals surface area (Å²) in [6.07, 6.45) is 0.762. The number of rotatable bonds is 4. The van der Waals surface area contributed by atoms with Crippen LogP contribution < -0.4 is 0 Å². The first-order valence-electron chi connectivity index (χ1n) is 5.80. The molecule has 18 heavy (non-hydrogen) atoms. The maximum atomic E-state index is 12.4. The fraction of sp³-hybridized carbons (Fsp3) is 0.462. The van der Waals surface area contributed by atoms with Crippen molar-refractivity contribution in [3.63, 3.8) is 0 Å². The fourth-order valence-corrected chi connectivity index (χ4v) is 1.97. The van der Waals surface area contributed by atoms with E-state index >= 15 is 0 Å². The van der Waals surface area contributed by atoms with Gasteiger partial charge in [-0.1, -0.05) is 6.92 Å². The number of ether oxygens (including phenoxy) is 1. The Morgan fingerprint density at radius 1 is 1.39 bits per heavy atom. The summed E-state index contributed by atoms with van der Waals surface area (Å²) in [7, 11) is 1.83. The van der Waals surface area contributed by atoms with Crippen molar-refractivity contribution in [2.24, 2.45) is 0 Å². The second-order valence-electron chi connectivity index (χ2n) is 5.01. The van der Waals surface area contributed by atoms with Crippen LogP contribution in [0.3, 0.4) is 0 Å². The predicted octanol–water partition coefficient (Wildman–Crippen LogP) is 0.703. The Hall–Kier alpha value is -1.65. The number of Topliss-reactive ketones (excluding diaryl/α,β-unsaturated/α-hetero) is 1. The van der Waals surface area contributed by atoms with Crippen molar-refractivity contribution >= 4 is 25.9 Å². The van der Waals surface area contributed by atoms with Gasteiger partial charge in [-0.05, 0) is 31.9 Å². The lowest BCUT2D eigenvalue weighted by Crippen LogP contribution is -2.49. The molecule has 1 heterocycles. The Morgan fingerprint density at radius 2 is 1.89 bits per heavy atom. The third-order valence-corrected chi connectivity index (χ3v) is 3.24. The van der Waals surface area contributed by atoms with Gasteiger partial charge in [-0.25, -0.2) is 0 Å². The van der Waals surface area contributed by atoms with Gasteiger partial charge in [0.1, 0.15) is 19.7 Å². The van der Waals surface area contributed by atoms with Crippen LogP contribution in [0.2, 0.25) is 0 Å². The molecule has 0 aromatic rings. The molecule has 0 bridgehead atoms. The van der Waals surface area contributed by atoms with Gasteiger partial charge < -0.3 is 4.74 Å². The fourth-order valence-electron chi connectivity index (χ4n) is 1.97. The average molecular weight is 248 g/mol. The van der Waals surface area contributed by atoms with Gasteiger partial charge in [0.2, 0.25) is 0 Å². The van der Waals surface area contributed by atoms with E-state index < -0.39 is 5.60 Å². The third kappa shape index (κ3) is 2.45. The van der Waals surface area contributed by atoms with Crippen molar-refractivity contribution in [2.75, 3.05) is 0 Å². The Balaban J connectivity index is 3.26. The number of carbonyl (C=O) groups is 3. The van der Waals surface area contributed by atoms with Gasteiger partial charge in [0.05, 0.1) is 6.42 Å². The van der Waals surface area contributed by atoms with Crippen LogP contribution in [0.4, 0.5) is 0 Å². The van der Waals surface area contributed by atoms with Gasteiger partial charge in [0, 0.05) is 5.57 Å². The van der Waals surface area contributed by atoms with Crippen LogP contribution in [0, 0.1) is 0 Å². The van der Waals surface area contributed by atoms with Crippen molar-refractivity contribution < 1.29 is 19.1 Å². The van der Waals surface area contributed by atoms with Crippen LogP contribution in [0.25, 0.3) is 0 Å². The molecule has 1 aliphatic rings. The van der Waals surface area contributed by atoms with Crippen LogP contribution in [0.5, 0.6) is 0 Å². The smallest absolute Gasteiger partial charge is 0.311 e. The Bertz CT molecular complexity index is 473. The Labute approximate surface area is 107 Å². The van der Waals surface area contributed by atoms with Gasteiger partial charge in [-0.15, -0.1) is 5.47 Å². The predicted molar refractivity (Wildman–Crippen MR) is 69.8 cm³/mol. The Morgan fingerprint density at radius 3 is 2.22 bits per heavy atom. The quantitative estimate of drug-likeness (QED) is 0.318. The highest BCUT2D eigenvalue weighted by Gasteiger charge is 2.48. The summed E-state index contributed by atoms with van der Waals surface area (Å²) >= 11 is 0. The monoisotopic (exact) mass is 248 g/mol. The second-order valence-corrected chi connectivity index (χ2v) is 5.01. The topological polar surface area (TPSA) is 60.4 Å². The molecule has 0 unspecified atom stereocenters. The molecule has 0 aromatic heterocycles. The zero-order valence-electron chi connectivity index (χ0n) is 11.4. The zero-order chi connectivity index (χ0) is 14.1. The summed E-state index contributed by atoms with van der Waals surface area (Å²) in [4.78, 5) is 34.3. The van der Waals surface area contributed by atoms with E-state index in [-0.39, 0.29) is 23.7 Å². The minimum absolute atomic E-state index is 0.134. The highest BCUT2D eigenvalue weighted by atomic mass is 16.6. The molecule has 0 N–H and O–H groups in total. The van der Waals surface area contributed by atoms with E-state index in [1.165, 1.54) is 0 Å². The molecular weight excluding hydrogens is 231 g/mol. The van der Waals surface area contributed by atoms with E-state index in [2.05, 4.69) is 0 Å². The average Bonchev–Trinajstić information content (AvgIpc) is 2.25. The highest BCUT2D eigenvalue weighted by Crippen LogP contribution is 2.37. The van der Waals surface area contributed by atoms with E-state index in [1.807, 2.05) is 14.8 Å². The van der Waals surface area contributed by atoms with E-state index in [0.717, 1.165) is 5.47 Å². The van der Waals surface area contributed by atoms with Crippen molar-refractivity contribution in [3.05, 3.63) is 22.2 Å². The van der Waals surface area contributed by atoms with Gasteiger partial charge >= 0.3 is 5.97 Å². The summed E-state index contributed by atoms with van der Waals surface area (Å²) in [6.45, 7) is 6.76.